The molecule has 7 nitrogen and oxygen atoms in total. The van der Waals surface area contributed by atoms with Crippen molar-refractivity contribution in [2.75, 3.05) is 26.5 Å². The summed E-state index contributed by atoms with van der Waals surface area (Å²) < 4.78 is 78.7. The number of nitrogens with one attached hydrogen (secondary N) is 1. The zero-order valence-electron chi connectivity index (χ0n) is 18.2. The Morgan fingerprint density at radius 3 is 2.41 bits per heavy atom. The summed E-state index contributed by atoms with van der Waals surface area (Å²) in [6.07, 6.45) is 3.34. The monoisotopic (exact) mass is 478 g/mol. The third-order valence-corrected chi connectivity index (χ3v) is 6.95. The van der Waals surface area contributed by atoms with Gasteiger partial charge in [0.05, 0.1) is 32.1 Å². The Kier molecular flexibility index (Phi) is 8.05. The first kappa shape index (κ1) is 24.8. The molecule has 1 aliphatic heterocycles. The van der Waals surface area contributed by atoms with E-state index in [1.54, 1.807) is 0 Å². The molecular weight excluding hydrogens is 449 g/mol. The van der Waals surface area contributed by atoms with Crippen LogP contribution in [-0.2, 0) is 19.5 Å². The molecular formula is C21H29F3N2O5S. The minimum Gasteiger partial charge on any atom is -0.453 e. The van der Waals surface area contributed by atoms with Gasteiger partial charge in [0.1, 0.15) is 5.82 Å². The number of rotatable bonds is 6. The summed E-state index contributed by atoms with van der Waals surface area (Å²) in [4.78, 5) is 13.7. The lowest BCUT2D eigenvalue weighted by atomic mass is 9.82. The average molecular weight is 479 g/mol. The number of amides is 1. The SMILES string of the molecule is COC(=O)N1CCC[C@H](NS(C)(=O)=O)[C@@H]1COC1CCC(c2c(F)ccc(F)c2F)CC1. The Bertz CT molecular complexity index is 922. The number of carbonyl (C=O) groups excluding carboxylic acids is 1. The Hall–Kier alpha value is -1.85. The van der Waals surface area contributed by atoms with Gasteiger partial charge in [-0.3, -0.25) is 0 Å². The van der Waals surface area contributed by atoms with Crippen molar-refractivity contribution in [3.63, 3.8) is 0 Å². The highest BCUT2D eigenvalue weighted by Crippen LogP contribution is 2.37. The van der Waals surface area contributed by atoms with Gasteiger partial charge in [0.15, 0.2) is 11.6 Å². The van der Waals surface area contributed by atoms with E-state index in [0.29, 0.717) is 45.1 Å². The van der Waals surface area contributed by atoms with Crippen molar-refractivity contribution in [2.45, 2.75) is 62.6 Å². The molecule has 1 saturated carbocycles. The number of hydrogen-bond donors (Lipinski definition) is 1. The van der Waals surface area contributed by atoms with Gasteiger partial charge in [-0.2, -0.15) is 0 Å². The van der Waals surface area contributed by atoms with Crippen molar-refractivity contribution >= 4 is 16.1 Å². The molecule has 0 aromatic heterocycles. The highest BCUT2D eigenvalue weighted by atomic mass is 32.2. The fourth-order valence-corrected chi connectivity index (χ4v) is 5.51. The van der Waals surface area contributed by atoms with Gasteiger partial charge in [0, 0.05) is 18.2 Å². The van der Waals surface area contributed by atoms with E-state index in [1.165, 1.54) is 12.0 Å². The smallest absolute Gasteiger partial charge is 0.409 e. The first-order valence-electron chi connectivity index (χ1n) is 10.7. The van der Waals surface area contributed by atoms with Crippen molar-refractivity contribution in [2.24, 2.45) is 0 Å². The molecule has 1 heterocycles. The molecule has 1 aromatic carbocycles. The molecule has 1 aliphatic carbocycles. The molecule has 32 heavy (non-hydrogen) atoms. The summed E-state index contributed by atoms with van der Waals surface area (Å²) >= 11 is 0. The van der Waals surface area contributed by atoms with Crippen LogP contribution in [0.1, 0.15) is 50.0 Å². The van der Waals surface area contributed by atoms with E-state index in [4.69, 9.17) is 9.47 Å². The van der Waals surface area contributed by atoms with Crippen molar-refractivity contribution < 1.29 is 35.9 Å². The van der Waals surface area contributed by atoms with Crippen LogP contribution in [0.15, 0.2) is 12.1 Å². The van der Waals surface area contributed by atoms with Crippen molar-refractivity contribution in [3.8, 4) is 0 Å². The van der Waals surface area contributed by atoms with Gasteiger partial charge in [-0.15, -0.1) is 0 Å². The first-order chi connectivity index (χ1) is 15.1. The zero-order valence-corrected chi connectivity index (χ0v) is 19.0. The van der Waals surface area contributed by atoms with E-state index in [0.717, 1.165) is 18.4 Å². The fourth-order valence-electron chi connectivity index (χ4n) is 4.69. The van der Waals surface area contributed by atoms with E-state index in [1.807, 2.05) is 0 Å². The van der Waals surface area contributed by atoms with Gasteiger partial charge in [-0.1, -0.05) is 0 Å². The van der Waals surface area contributed by atoms with Crippen LogP contribution in [0, 0.1) is 17.5 Å². The predicted molar refractivity (Wildman–Crippen MR) is 111 cm³/mol. The molecule has 1 amide bonds. The van der Waals surface area contributed by atoms with Crippen LogP contribution in [0.25, 0.3) is 0 Å². The van der Waals surface area contributed by atoms with Crippen molar-refractivity contribution in [3.05, 3.63) is 35.1 Å². The fraction of sp³-hybridized carbons (Fsp3) is 0.667. The molecule has 0 spiro atoms. The molecule has 1 N–H and O–H groups in total. The molecule has 0 unspecified atom stereocenters. The van der Waals surface area contributed by atoms with Gasteiger partial charge in [-0.25, -0.2) is 31.1 Å². The lowest BCUT2D eigenvalue weighted by molar-refractivity contribution is -0.0247. The Labute approximate surface area is 186 Å². The van der Waals surface area contributed by atoms with E-state index >= 15 is 0 Å². The number of methoxy groups -OCH3 is 1. The van der Waals surface area contributed by atoms with Crippen molar-refractivity contribution in [1.82, 2.24) is 9.62 Å². The molecule has 0 radical (unpaired) electrons. The van der Waals surface area contributed by atoms with Crippen LogP contribution in [0.5, 0.6) is 0 Å². The highest BCUT2D eigenvalue weighted by molar-refractivity contribution is 7.88. The van der Waals surface area contributed by atoms with Crippen LogP contribution >= 0.6 is 0 Å². The number of piperidine rings is 1. The highest BCUT2D eigenvalue weighted by Gasteiger charge is 2.37. The number of nitrogens with zero attached hydrogens (tertiary/aromatic N) is 1. The van der Waals surface area contributed by atoms with Gasteiger partial charge in [0.25, 0.3) is 0 Å². The van der Waals surface area contributed by atoms with Crippen LogP contribution in [0.2, 0.25) is 0 Å². The average Bonchev–Trinajstić information content (AvgIpc) is 2.75. The van der Waals surface area contributed by atoms with Gasteiger partial charge in [-0.05, 0) is 56.6 Å². The topological polar surface area (TPSA) is 84.9 Å². The van der Waals surface area contributed by atoms with E-state index in [9.17, 15) is 26.4 Å². The molecule has 180 valence electrons. The minimum absolute atomic E-state index is 0.0975. The van der Waals surface area contributed by atoms with Crippen LogP contribution in [0.4, 0.5) is 18.0 Å². The lowest BCUT2D eigenvalue weighted by Crippen LogP contribution is -2.59. The molecule has 2 fully saturated rings. The Morgan fingerprint density at radius 2 is 1.78 bits per heavy atom. The number of likely N-dealkylation sites (tertiary alicyclic amines) is 1. The summed E-state index contributed by atoms with van der Waals surface area (Å²) in [6, 6.07) is 0.669. The Morgan fingerprint density at radius 1 is 1.12 bits per heavy atom. The number of hydrogen-bond acceptors (Lipinski definition) is 5. The molecule has 1 aromatic rings. The Balaban J connectivity index is 1.63. The second kappa shape index (κ2) is 10.4. The summed E-state index contributed by atoms with van der Waals surface area (Å²) in [5.74, 6) is -3.39. The maximum Gasteiger partial charge on any atom is 0.409 e. The predicted octanol–water partition coefficient (Wildman–Crippen LogP) is 3.30. The van der Waals surface area contributed by atoms with E-state index in [2.05, 4.69) is 4.72 Å². The summed E-state index contributed by atoms with van der Waals surface area (Å²) in [5.41, 5.74) is -0.218. The number of benzene rings is 1. The zero-order chi connectivity index (χ0) is 23.5. The third kappa shape index (κ3) is 5.93. The second-order valence-corrected chi connectivity index (χ2v) is 10.2. The number of halogens is 3. The summed E-state index contributed by atoms with van der Waals surface area (Å²) in [7, 11) is -2.23. The van der Waals surface area contributed by atoms with Crippen LogP contribution < -0.4 is 4.72 Å². The van der Waals surface area contributed by atoms with Crippen LogP contribution in [-0.4, -0.2) is 64.1 Å². The van der Waals surface area contributed by atoms with Gasteiger partial charge < -0.3 is 14.4 Å². The van der Waals surface area contributed by atoms with Crippen molar-refractivity contribution in [1.29, 1.82) is 0 Å². The molecule has 1 saturated heterocycles. The molecule has 11 heteroatoms. The standard InChI is InChI=1S/C21H29F3N2O5S/c1-30-21(27)26-11-3-4-17(25-32(2,28)29)18(26)12-31-14-7-5-13(6-8-14)19-15(22)9-10-16(23)20(19)24/h9-10,13-14,17-18,25H,3-8,11-12H2,1-2H3/t13?,14?,17-,18-/m0/s1. The molecule has 2 atom stereocenters. The lowest BCUT2D eigenvalue weighted by Gasteiger charge is -2.41. The number of carbonyl (C=O) groups is 1. The van der Waals surface area contributed by atoms with Gasteiger partial charge >= 0.3 is 6.09 Å². The second-order valence-electron chi connectivity index (χ2n) is 8.43. The third-order valence-electron chi connectivity index (χ3n) is 6.22. The maximum atomic E-state index is 14.1. The van der Waals surface area contributed by atoms with Crippen LogP contribution in [0.3, 0.4) is 0 Å². The van der Waals surface area contributed by atoms with E-state index in [-0.39, 0.29) is 18.3 Å². The molecule has 3 rings (SSSR count). The quantitative estimate of drug-likeness (QED) is 0.635. The molecule has 2 aliphatic rings. The van der Waals surface area contributed by atoms with Gasteiger partial charge in [0.2, 0.25) is 10.0 Å². The normalized spacial score (nSPS) is 26.7. The molecule has 0 bridgehead atoms. The number of ether oxygens (including phenoxy) is 2. The number of sulfonamides is 1. The largest absolute Gasteiger partial charge is 0.453 e. The first-order valence-corrected chi connectivity index (χ1v) is 12.6. The maximum absolute atomic E-state index is 14.1. The summed E-state index contributed by atoms with van der Waals surface area (Å²) in [6.45, 7) is 0.522. The minimum atomic E-state index is -3.49. The summed E-state index contributed by atoms with van der Waals surface area (Å²) in [5, 5.41) is 0. The van der Waals surface area contributed by atoms with E-state index < -0.39 is 51.6 Å².